The lowest BCUT2D eigenvalue weighted by atomic mass is 10.2. The first-order valence-corrected chi connectivity index (χ1v) is 7.17. The Morgan fingerprint density at radius 1 is 1.32 bits per heavy atom. The highest BCUT2D eigenvalue weighted by Gasteiger charge is 2.08. The van der Waals surface area contributed by atoms with Gasteiger partial charge in [0.25, 0.3) is 0 Å². The first kappa shape index (κ1) is 15.9. The fourth-order valence-electron chi connectivity index (χ4n) is 2.24. The molecule has 1 N–H and O–H groups in total. The number of aryl methyl sites for hydroxylation is 1. The Kier molecular flexibility index (Phi) is 5.47. The number of nitrogens with one attached hydrogen (secondary N) is 1. The molecule has 0 atom stereocenters. The molecule has 0 fully saturated rings. The SMILES string of the molecule is CN=C(NCc1ncccc1C)N(C)Cc1cccc(F)c1. The second kappa shape index (κ2) is 7.54. The standard InChI is InChI=1S/C17H21FN4/c1-13-6-5-9-20-16(13)11-21-17(19-2)22(3)12-14-7-4-8-15(18)10-14/h4-10H,11-12H2,1-3H3,(H,19,21). The van der Waals surface area contributed by atoms with Gasteiger partial charge in [0.2, 0.25) is 0 Å². The van der Waals surface area contributed by atoms with E-state index >= 15 is 0 Å². The minimum atomic E-state index is -0.224. The highest BCUT2D eigenvalue weighted by atomic mass is 19.1. The van der Waals surface area contributed by atoms with Crippen molar-refractivity contribution in [1.82, 2.24) is 15.2 Å². The Balaban J connectivity index is 1.98. The van der Waals surface area contributed by atoms with Crippen molar-refractivity contribution in [2.24, 2.45) is 4.99 Å². The van der Waals surface area contributed by atoms with E-state index in [2.05, 4.69) is 15.3 Å². The summed E-state index contributed by atoms with van der Waals surface area (Å²) in [7, 11) is 3.65. The van der Waals surface area contributed by atoms with E-state index in [4.69, 9.17) is 0 Å². The largest absolute Gasteiger partial charge is 0.351 e. The molecular formula is C17H21FN4. The van der Waals surface area contributed by atoms with Crippen LogP contribution in [0.15, 0.2) is 47.6 Å². The van der Waals surface area contributed by atoms with Crippen LogP contribution in [0.1, 0.15) is 16.8 Å². The molecule has 0 aliphatic heterocycles. The van der Waals surface area contributed by atoms with Crippen LogP contribution in [-0.4, -0.2) is 29.9 Å². The molecule has 0 saturated carbocycles. The van der Waals surface area contributed by atoms with Crippen molar-refractivity contribution in [1.29, 1.82) is 0 Å². The zero-order chi connectivity index (χ0) is 15.9. The van der Waals surface area contributed by atoms with Crippen LogP contribution in [0.4, 0.5) is 4.39 Å². The van der Waals surface area contributed by atoms with Gasteiger partial charge in [-0.2, -0.15) is 0 Å². The van der Waals surface area contributed by atoms with Crippen molar-refractivity contribution in [2.45, 2.75) is 20.0 Å². The van der Waals surface area contributed by atoms with Gasteiger partial charge in [-0.1, -0.05) is 18.2 Å². The van der Waals surface area contributed by atoms with Gasteiger partial charge in [0.05, 0.1) is 12.2 Å². The maximum atomic E-state index is 13.2. The molecular weight excluding hydrogens is 279 g/mol. The Bertz CT molecular complexity index is 655. The summed E-state index contributed by atoms with van der Waals surface area (Å²) >= 11 is 0. The van der Waals surface area contributed by atoms with Gasteiger partial charge in [0.15, 0.2) is 5.96 Å². The van der Waals surface area contributed by atoms with E-state index in [1.54, 1.807) is 19.3 Å². The van der Waals surface area contributed by atoms with E-state index in [1.807, 2.05) is 37.1 Å². The molecule has 0 saturated heterocycles. The summed E-state index contributed by atoms with van der Waals surface area (Å²) in [5, 5.41) is 3.28. The minimum absolute atomic E-state index is 0.224. The molecule has 0 unspecified atom stereocenters. The molecule has 22 heavy (non-hydrogen) atoms. The third-order valence-corrected chi connectivity index (χ3v) is 3.41. The molecule has 0 aliphatic rings. The Labute approximate surface area is 130 Å². The molecule has 0 radical (unpaired) electrons. The van der Waals surface area contributed by atoms with E-state index < -0.39 is 0 Å². The molecule has 4 nitrogen and oxygen atoms in total. The van der Waals surface area contributed by atoms with Crippen LogP contribution in [0.5, 0.6) is 0 Å². The second-order valence-corrected chi connectivity index (χ2v) is 5.15. The van der Waals surface area contributed by atoms with Crippen LogP contribution >= 0.6 is 0 Å². The van der Waals surface area contributed by atoms with E-state index in [9.17, 15) is 4.39 Å². The highest BCUT2D eigenvalue weighted by Crippen LogP contribution is 2.07. The smallest absolute Gasteiger partial charge is 0.194 e. The lowest BCUT2D eigenvalue weighted by Crippen LogP contribution is -2.38. The van der Waals surface area contributed by atoms with Crippen LogP contribution in [0.3, 0.4) is 0 Å². The van der Waals surface area contributed by atoms with Crippen molar-refractivity contribution < 1.29 is 4.39 Å². The number of hydrogen-bond donors (Lipinski definition) is 1. The number of aliphatic imine (C=N–C) groups is 1. The average molecular weight is 300 g/mol. The fraction of sp³-hybridized carbons (Fsp3) is 0.294. The minimum Gasteiger partial charge on any atom is -0.351 e. The number of rotatable bonds is 4. The molecule has 1 aromatic carbocycles. The second-order valence-electron chi connectivity index (χ2n) is 5.15. The number of pyridine rings is 1. The monoisotopic (exact) mass is 300 g/mol. The van der Waals surface area contributed by atoms with Crippen molar-refractivity contribution in [3.63, 3.8) is 0 Å². The summed E-state index contributed by atoms with van der Waals surface area (Å²) in [6.45, 7) is 3.22. The zero-order valence-corrected chi connectivity index (χ0v) is 13.2. The van der Waals surface area contributed by atoms with Crippen LogP contribution in [0, 0.1) is 12.7 Å². The van der Waals surface area contributed by atoms with Crippen LogP contribution in [-0.2, 0) is 13.1 Å². The molecule has 2 aromatic rings. The van der Waals surface area contributed by atoms with Crippen LogP contribution < -0.4 is 5.32 Å². The van der Waals surface area contributed by atoms with E-state index in [1.165, 1.54) is 12.1 Å². The van der Waals surface area contributed by atoms with Crippen molar-refractivity contribution in [3.8, 4) is 0 Å². The Morgan fingerprint density at radius 3 is 2.82 bits per heavy atom. The molecule has 116 valence electrons. The van der Waals surface area contributed by atoms with Crippen LogP contribution in [0.25, 0.3) is 0 Å². The van der Waals surface area contributed by atoms with Gasteiger partial charge in [-0.25, -0.2) is 4.39 Å². The number of guanidine groups is 1. The number of halogens is 1. The summed E-state index contributed by atoms with van der Waals surface area (Å²) in [5.41, 5.74) is 3.03. The molecule has 2 rings (SSSR count). The predicted molar refractivity (Wildman–Crippen MR) is 87.0 cm³/mol. The molecule has 0 amide bonds. The summed E-state index contributed by atoms with van der Waals surface area (Å²) in [6.07, 6.45) is 1.78. The molecule has 1 aromatic heterocycles. The Morgan fingerprint density at radius 2 is 2.14 bits per heavy atom. The maximum absolute atomic E-state index is 13.2. The first-order valence-electron chi connectivity index (χ1n) is 7.17. The quantitative estimate of drug-likeness (QED) is 0.697. The third-order valence-electron chi connectivity index (χ3n) is 3.41. The maximum Gasteiger partial charge on any atom is 0.194 e. The summed E-state index contributed by atoms with van der Waals surface area (Å²) < 4.78 is 13.2. The van der Waals surface area contributed by atoms with Gasteiger partial charge in [0, 0.05) is 26.8 Å². The third kappa shape index (κ3) is 4.28. The summed E-state index contributed by atoms with van der Waals surface area (Å²) in [5.74, 6) is 0.521. The van der Waals surface area contributed by atoms with Crippen molar-refractivity contribution in [2.75, 3.05) is 14.1 Å². The number of hydrogen-bond acceptors (Lipinski definition) is 2. The van der Waals surface area contributed by atoms with Gasteiger partial charge in [0.1, 0.15) is 5.82 Å². The number of benzene rings is 1. The highest BCUT2D eigenvalue weighted by molar-refractivity contribution is 5.79. The van der Waals surface area contributed by atoms with E-state index in [0.29, 0.717) is 13.1 Å². The first-order chi connectivity index (χ1) is 10.6. The zero-order valence-electron chi connectivity index (χ0n) is 13.2. The number of aromatic nitrogens is 1. The fourth-order valence-corrected chi connectivity index (χ4v) is 2.24. The van der Waals surface area contributed by atoms with Gasteiger partial charge in [-0.05, 0) is 36.2 Å². The lowest BCUT2D eigenvalue weighted by molar-refractivity contribution is 0.474. The molecule has 5 heteroatoms. The van der Waals surface area contributed by atoms with Crippen molar-refractivity contribution >= 4 is 5.96 Å². The lowest BCUT2D eigenvalue weighted by Gasteiger charge is -2.22. The molecule has 0 bridgehead atoms. The molecule has 1 heterocycles. The predicted octanol–water partition coefficient (Wildman–Crippen LogP) is 2.74. The summed E-state index contributed by atoms with van der Waals surface area (Å²) in [4.78, 5) is 10.6. The number of nitrogens with zero attached hydrogens (tertiary/aromatic N) is 3. The van der Waals surface area contributed by atoms with Gasteiger partial charge in [-0.15, -0.1) is 0 Å². The van der Waals surface area contributed by atoms with E-state index in [0.717, 1.165) is 22.8 Å². The topological polar surface area (TPSA) is 40.5 Å². The van der Waals surface area contributed by atoms with Gasteiger partial charge in [-0.3, -0.25) is 9.98 Å². The van der Waals surface area contributed by atoms with E-state index in [-0.39, 0.29) is 5.82 Å². The molecule has 0 spiro atoms. The van der Waals surface area contributed by atoms with Crippen molar-refractivity contribution in [3.05, 3.63) is 65.2 Å². The van der Waals surface area contributed by atoms with Gasteiger partial charge < -0.3 is 10.2 Å². The van der Waals surface area contributed by atoms with Gasteiger partial charge >= 0.3 is 0 Å². The normalized spacial score (nSPS) is 11.4. The Hall–Kier alpha value is -2.43. The summed E-state index contributed by atoms with van der Waals surface area (Å²) in [6, 6.07) is 10.5. The average Bonchev–Trinajstić information content (AvgIpc) is 2.49. The molecule has 0 aliphatic carbocycles. The van der Waals surface area contributed by atoms with Crippen LogP contribution in [0.2, 0.25) is 0 Å².